The van der Waals surface area contributed by atoms with Crippen LogP contribution in [-0.2, 0) is 0 Å². The highest BCUT2D eigenvalue weighted by atomic mass is 15.2. The van der Waals surface area contributed by atoms with E-state index in [-0.39, 0.29) is 0 Å². The molecule has 2 rings (SSSR count). The lowest BCUT2D eigenvalue weighted by Gasteiger charge is -2.20. The van der Waals surface area contributed by atoms with Crippen molar-refractivity contribution in [3.05, 3.63) is 0 Å². The predicted octanol–water partition coefficient (Wildman–Crippen LogP) is 2.28. The monoisotopic (exact) mass is 237 g/mol. The van der Waals surface area contributed by atoms with E-state index in [0.717, 1.165) is 19.0 Å². The quantitative estimate of drug-likeness (QED) is 0.815. The highest BCUT2D eigenvalue weighted by Crippen LogP contribution is 2.17. The zero-order chi connectivity index (χ0) is 12.1. The van der Waals surface area contributed by atoms with Gasteiger partial charge in [-0.25, -0.2) is 0 Å². The van der Waals surface area contributed by atoms with E-state index < -0.39 is 0 Å². The Bertz CT molecular complexity index is 260. The Balaban J connectivity index is 1.70. The maximum absolute atomic E-state index is 4.63. The van der Waals surface area contributed by atoms with Crippen molar-refractivity contribution in [2.75, 3.05) is 26.2 Å². The fourth-order valence-corrected chi connectivity index (χ4v) is 2.78. The van der Waals surface area contributed by atoms with Crippen LogP contribution in [0.2, 0.25) is 0 Å². The summed E-state index contributed by atoms with van der Waals surface area (Å²) in [7, 11) is 0. The average Bonchev–Trinajstić information content (AvgIpc) is 2.63. The van der Waals surface area contributed by atoms with Crippen LogP contribution < -0.4 is 5.32 Å². The first kappa shape index (κ1) is 12.9. The van der Waals surface area contributed by atoms with Gasteiger partial charge in [0, 0.05) is 32.1 Å². The zero-order valence-corrected chi connectivity index (χ0v) is 11.4. The summed E-state index contributed by atoms with van der Waals surface area (Å²) in [6.07, 6.45) is 6.45. The minimum atomic E-state index is 0.704. The number of aliphatic imine (C=N–C) groups is 1. The SMILES string of the molecule is CC(C)N1CCC(CNC2=NCCCCC2)C1. The van der Waals surface area contributed by atoms with E-state index in [0.29, 0.717) is 6.04 Å². The van der Waals surface area contributed by atoms with Crippen LogP contribution in [0.3, 0.4) is 0 Å². The standard InChI is InChI=1S/C14H27N3/c1-12(2)17-9-7-13(11-17)10-16-14-6-4-3-5-8-15-14/h12-13H,3-11H2,1-2H3,(H,15,16). The van der Waals surface area contributed by atoms with Gasteiger partial charge in [-0.1, -0.05) is 6.42 Å². The highest BCUT2D eigenvalue weighted by Gasteiger charge is 2.24. The van der Waals surface area contributed by atoms with E-state index >= 15 is 0 Å². The van der Waals surface area contributed by atoms with Gasteiger partial charge in [0.15, 0.2) is 0 Å². The number of likely N-dealkylation sites (tertiary alicyclic amines) is 1. The molecule has 0 amide bonds. The second-order valence-corrected chi connectivity index (χ2v) is 5.76. The van der Waals surface area contributed by atoms with Crippen LogP contribution in [0.1, 0.15) is 46.0 Å². The maximum Gasteiger partial charge on any atom is 0.0963 e. The van der Waals surface area contributed by atoms with Crippen molar-refractivity contribution in [3.63, 3.8) is 0 Å². The lowest BCUT2D eigenvalue weighted by atomic mass is 10.1. The molecule has 0 aromatic rings. The molecule has 3 heteroatoms. The smallest absolute Gasteiger partial charge is 0.0963 e. The lowest BCUT2D eigenvalue weighted by molar-refractivity contribution is 0.265. The largest absolute Gasteiger partial charge is 0.374 e. The molecule has 1 atom stereocenters. The second-order valence-electron chi connectivity index (χ2n) is 5.76. The molecule has 1 fully saturated rings. The number of amidine groups is 1. The predicted molar refractivity (Wildman–Crippen MR) is 73.6 cm³/mol. The summed E-state index contributed by atoms with van der Waals surface area (Å²) >= 11 is 0. The lowest BCUT2D eigenvalue weighted by Crippen LogP contribution is -2.32. The molecule has 0 saturated carbocycles. The third-order valence-corrected chi connectivity index (χ3v) is 4.02. The van der Waals surface area contributed by atoms with Crippen molar-refractivity contribution in [1.82, 2.24) is 10.2 Å². The molecule has 0 spiro atoms. The molecule has 2 aliphatic heterocycles. The van der Waals surface area contributed by atoms with Crippen molar-refractivity contribution >= 4 is 5.84 Å². The van der Waals surface area contributed by atoms with Gasteiger partial charge in [-0.3, -0.25) is 4.99 Å². The fraction of sp³-hybridized carbons (Fsp3) is 0.929. The van der Waals surface area contributed by atoms with E-state index in [4.69, 9.17) is 0 Å². The zero-order valence-electron chi connectivity index (χ0n) is 11.4. The van der Waals surface area contributed by atoms with E-state index in [1.54, 1.807) is 0 Å². The van der Waals surface area contributed by atoms with Gasteiger partial charge in [0.1, 0.15) is 0 Å². The summed E-state index contributed by atoms with van der Waals surface area (Å²) in [6.45, 7) is 9.29. The minimum absolute atomic E-state index is 0.704. The molecule has 2 heterocycles. The number of hydrogen-bond donors (Lipinski definition) is 1. The van der Waals surface area contributed by atoms with E-state index in [1.165, 1.54) is 51.0 Å². The average molecular weight is 237 g/mol. The molecule has 98 valence electrons. The first-order valence-corrected chi connectivity index (χ1v) is 7.27. The summed E-state index contributed by atoms with van der Waals surface area (Å²) in [5.74, 6) is 2.09. The number of rotatable bonds is 3. The van der Waals surface area contributed by atoms with Gasteiger partial charge in [0.05, 0.1) is 5.84 Å². The first-order valence-electron chi connectivity index (χ1n) is 7.27. The molecular formula is C14H27N3. The molecular weight excluding hydrogens is 210 g/mol. The van der Waals surface area contributed by atoms with E-state index in [1.807, 2.05) is 0 Å². The summed E-state index contributed by atoms with van der Waals surface area (Å²) < 4.78 is 0. The van der Waals surface area contributed by atoms with Crippen LogP contribution in [0.4, 0.5) is 0 Å². The van der Waals surface area contributed by atoms with Crippen LogP contribution in [-0.4, -0.2) is 43.0 Å². The number of nitrogens with zero attached hydrogens (tertiary/aromatic N) is 2. The Morgan fingerprint density at radius 2 is 2.24 bits per heavy atom. The van der Waals surface area contributed by atoms with Crippen LogP contribution in [0.15, 0.2) is 4.99 Å². The Morgan fingerprint density at radius 3 is 3.00 bits per heavy atom. The molecule has 17 heavy (non-hydrogen) atoms. The van der Waals surface area contributed by atoms with Crippen LogP contribution >= 0.6 is 0 Å². The van der Waals surface area contributed by atoms with Crippen molar-refractivity contribution < 1.29 is 0 Å². The Kier molecular flexibility index (Phi) is 4.84. The van der Waals surface area contributed by atoms with Gasteiger partial charge < -0.3 is 10.2 Å². The molecule has 2 aliphatic rings. The molecule has 0 aromatic carbocycles. The normalized spacial score (nSPS) is 27.0. The van der Waals surface area contributed by atoms with Crippen LogP contribution in [0.25, 0.3) is 0 Å². The van der Waals surface area contributed by atoms with Crippen molar-refractivity contribution in [2.45, 2.75) is 52.0 Å². The van der Waals surface area contributed by atoms with Crippen molar-refractivity contribution in [1.29, 1.82) is 0 Å². The molecule has 1 N–H and O–H groups in total. The molecule has 3 nitrogen and oxygen atoms in total. The Hall–Kier alpha value is -0.570. The Morgan fingerprint density at radius 1 is 1.35 bits per heavy atom. The fourth-order valence-electron chi connectivity index (χ4n) is 2.78. The van der Waals surface area contributed by atoms with E-state index in [2.05, 4.69) is 29.1 Å². The highest BCUT2D eigenvalue weighted by molar-refractivity contribution is 5.82. The summed E-state index contributed by atoms with van der Waals surface area (Å²) in [5, 5.41) is 3.59. The second kappa shape index (κ2) is 6.39. The van der Waals surface area contributed by atoms with Gasteiger partial charge in [-0.15, -0.1) is 0 Å². The summed E-state index contributed by atoms with van der Waals surface area (Å²) in [5.41, 5.74) is 0. The third kappa shape index (κ3) is 3.98. The summed E-state index contributed by atoms with van der Waals surface area (Å²) in [6, 6.07) is 0.704. The molecule has 0 aliphatic carbocycles. The van der Waals surface area contributed by atoms with Gasteiger partial charge >= 0.3 is 0 Å². The van der Waals surface area contributed by atoms with Crippen molar-refractivity contribution in [3.8, 4) is 0 Å². The van der Waals surface area contributed by atoms with Gasteiger partial charge in [-0.05, 0) is 45.6 Å². The topological polar surface area (TPSA) is 27.6 Å². The first-order chi connectivity index (χ1) is 8.25. The molecule has 1 saturated heterocycles. The van der Waals surface area contributed by atoms with Crippen molar-refractivity contribution in [2.24, 2.45) is 10.9 Å². The Labute approximate surface area is 106 Å². The van der Waals surface area contributed by atoms with Gasteiger partial charge in [0.2, 0.25) is 0 Å². The maximum atomic E-state index is 4.63. The summed E-state index contributed by atoms with van der Waals surface area (Å²) in [4.78, 5) is 7.21. The number of hydrogen-bond acceptors (Lipinski definition) is 3. The molecule has 0 bridgehead atoms. The van der Waals surface area contributed by atoms with Crippen LogP contribution in [0, 0.1) is 5.92 Å². The molecule has 0 radical (unpaired) electrons. The van der Waals surface area contributed by atoms with E-state index in [9.17, 15) is 0 Å². The minimum Gasteiger partial charge on any atom is -0.374 e. The van der Waals surface area contributed by atoms with Crippen LogP contribution in [0.5, 0.6) is 0 Å². The van der Waals surface area contributed by atoms with Gasteiger partial charge in [-0.2, -0.15) is 0 Å². The van der Waals surface area contributed by atoms with Gasteiger partial charge in [0.25, 0.3) is 0 Å². The number of nitrogens with one attached hydrogen (secondary N) is 1. The third-order valence-electron chi connectivity index (χ3n) is 4.02. The molecule has 1 unspecified atom stereocenters. The molecule has 0 aromatic heterocycles.